The predicted octanol–water partition coefficient (Wildman–Crippen LogP) is 3.69. The fourth-order valence-corrected chi connectivity index (χ4v) is 3.24. The maximum absolute atomic E-state index is 5.47. The molecule has 1 aromatic heterocycles. The third-order valence-electron chi connectivity index (χ3n) is 5.11. The highest BCUT2D eigenvalue weighted by atomic mass is 16.5. The first-order valence-electron chi connectivity index (χ1n) is 8.86. The van der Waals surface area contributed by atoms with Gasteiger partial charge in [-0.25, -0.2) is 0 Å². The number of hydrogen-bond donors (Lipinski definition) is 0. The second-order valence-electron chi connectivity index (χ2n) is 7.06. The van der Waals surface area contributed by atoms with E-state index in [1.54, 1.807) is 0 Å². The topological polar surface area (TPSA) is 45.4 Å². The van der Waals surface area contributed by atoms with Gasteiger partial charge in [0.05, 0.1) is 6.04 Å². The van der Waals surface area contributed by atoms with Gasteiger partial charge in [0.25, 0.3) is 0 Å². The van der Waals surface area contributed by atoms with E-state index >= 15 is 0 Å². The highest BCUT2D eigenvalue weighted by Gasteiger charge is 2.26. The Balaban J connectivity index is 1.65. The van der Waals surface area contributed by atoms with Gasteiger partial charge in [0.1, 0.15) is 0 Å². The van der Waals surface area contributed by atoms with Gasteiger partial charge in [-0.2, -0.15) is 4.98 Å². The van der Waals surface area contributed by atoms with Gasteiger partial charge in [-0.05, 0) is 38.0 Å². The number of rotatable bonds is 4. The van der Waals surface area contributed by atoms with E-state index < -0.39 is 0 Å². The summed E-state index contributed by atoms with van der Waals surface area (Å²) in [6.45, 7) is 14.8. The first kappa shape index (κ1) is 17.0. The number of piperazine rings is 1. The number of aryl methyl sites for hydroxylation is 1. The van der Waals surface area contributed by atoms with E-state index in [0.29, 0.717) is 5.92 Å². The zero-order valence-electron chi connectivity index (χ0n) is 15.4. The summed E-state index contributed by atoms with van der Waals surface area (Å²) in [6, 6.07) is 6.73. The van der Waals surface area contributed by atoms with Gasteiger partial charge >= 0.3 is 0 Å². The van der Waals surface area contributed by atoms with Gasteiger partial charge < -0.3 is 9.42 Å². The molecule has 5 heteroatoms. The Morgan fingerprint density at radius 3 is 2.38 bits per heavy atom. The molecule has 0 aliphatic carbocycles. The van der Waals surface area contributed by atoms with Crippen molar-refractivity contribution in [2.24, 2.45) is 0 Å². The summed E-state index contributed by atoms with van der Waals surface area (Å²) < 4.78 is 5.47. The normalized spacial score (nSPS) is 17.5. The zero-order valence-corrected chi connectivity index (χ0v) is 15.4. The lowest BCUT2D eigenvalue weighted by Crippen LogP contribution is -2.47. The highest BCUT2D eigenvalue weighted by Crippen LogP contribution is 2.27. The van der Waals surface area contributed by atoms with Gasteiger partial charge in [0, 0.05) is 37.8 Å². The van der Waals surface area contributed by atoms with Crippen LogP contribution in [0.2, 0.25) is 0 Å². The van der Waals surface area contributed by atoms with Crippen molar-refractivity contribution in [3.63, 3.8) is 0 Å². The van der Waals surface area contributed by atoms with Crippen molar-refractivity contribution in [3.05, 3.63) is 41.0 Å². The maximum Gasteiger partial charge on any atom is 0.243 e. The van der Waals surface area contributed by atoms with Crippen molar-refractivity contribution in [2.45, 2.75) is 46.6 Å². The van der Waals surface area contributed by atoms with Gasteiger partial charge in [-0.3, -0.25) is 4.90 Å². The zero-order chi connectivity index (χ0) is 17.3. The molecule has 130 valence electrons. The molecule has 24 heavy (non-hydrogen) atoms. The van der Waals surface area contributed by atoms with E-state index in [0.717, 1.165) is 37.9 Å². The molecule has 0 N–H and O–H groups in total. The van der Waals surface area contributed by atoms with E-state index in [9.17, 15) is 0 Å². The molecule has 2 heterocycles. The smallest absolute Gasteiger partial charge is 0.243 e. The average molecular weight is 328 g/mol. The molecule has 1 fully saturated rings. The largest absolute Gasteiger partial charge is 0.369 e. The molecule has 0 bridgehead atoms. The summed E-state index contributed by atoms with van der Waals surface area (Å²) in [5.41, 5.74) is 4.11. The van der Waals surface area contributed by atoms with Crippen molar-refractivity contribution in [1.82, 2.24) is 15.0 Å². The molecule has 1 aliphatic rings. The lowest BCUT2D eigenvalue weighted by molar-refractivity contribution is 0.164. The number of anilines is 1. The Bertz CT molecular complexity index is 686. The van der Waals surface area contributed by atoms with Crippen LogP contribution in [0.5, 0.6) is 0 Å². The molecule has 3 rings (SSSR count). The number of benzene rings is 1. The Kier molecular flexibility index (Phi) is 4.90. The van der Waals surface area contributed by atoms with E-state index in [4.69, 9.17) is 4.52 Å². The second-order valence-corrected chi connectivity index (χ2v) is 7.06. The molecule has 5 nitrogen and oxygen atoms in total. The molecule has 1 atom stereocenters. The van der Waals surface area contributed by atoms with Crippen LogP contribution in [-0.2, 0) is 0 Å². The predicted molar refractivity (Wildman–Crippen MR) is 96.5 cm³/mol. The SMILES string of the molecule is Cc1cccc(N2CCN(C(C)c3nc(C(C)C)no3)CC2)c1C. The fraction of sp³-hybridized carbons (Fsp3) is 0.579. The lowest BCUT2D eigenvalue weighted by atomic mass is 10.1. The standard InChI is InChI=1S/C19H28N4O/c1-13(2)18-20-19(24-21-18)16(5)22-9-11-23(12-10-22)17-8-6-7-14(3)15(17)4/h6-8,13,16H,9-12H2,1-5H3. The van der Waals surface area contributed by atoms with Gasteiger partial charge in [0.15, 0.2) is 5.82 Å². The molecule has 2 aromatic rings. The molecule has 1 aromatic carbocycles. The van der Waals surface area contributed by atoms with Gasteiger partial charge in [0.2, 0.25) is 5.89 Å². The fourth-order valence-electron chi connectivity index (χ4n) is 3.24. The maximum atomic E-state index is 5.47. The number of hydrogen-bond acceptors (Lipinski definition) is 5. The third kappa shape index (κ3) is 3.31. The number of nitrogens with zero attached hydrogens (tertiary/aromatic N) is 4. The Morgan fingerprint density at radius 1 is 1.04 bits per heavy atom. The minimum atomic E-state index is 0.172. The molecular formula is C19H28N4O. The summed E-state index contributed by atoms with van der Waals surface area (Å²) in [6.07, 6.45) is 0. The van der Waals surface area contributed by atoms with Crippen molar-refractivity contribution < 1.29 is 4.52 Å². The van der Waals surface area contributed by atoms with E-state index in [1.807, 2.05) is 0 Å². The van der Waals surface area contributed by atoms with Crippen LogP contribution in [0.4, 0.5) is 5.69 Å². The molecule has 1 aliphatic heterocycles. The first-order valence-corrected chi connectivity index (χ1v) is 8.86. The van der Waals surface area contributed by atoms with Gasteiger partial charge in [-0.1, -0.05) is 31.1 Å². The third-order valence-corrected chi connectivity index (χ3v) is 5.11. The van der Waals surface area contributed by atoms with Crippen LogP contribution in [0, 0.1) is 13.8 Å². The molecule has 0 saturated carbocycles. The van der Waals surface area contributed by atoms with Crippen molar-refractivity contribution in [1.29, 1.82) is 0 Å². The van der Waals surface area contributed by atoms with Crippen molar-refractivity contribution in [2.75, 3.05) is 31.1 Å². The van der Waals surface area contributed by atoms with Crippen LogP contribution in [0.1, 0.15) is 55.6 Å². The van der Waals surface area contributed by atoms with Crippen molar-refractivity contribution in [3.8, 4) is 0 Å². The highest BCUT2D eigenvalue weighted by molar-refractivity contribution is 5.56. The summed E-state index contributed by atoms with van der Waals surface area (Å²) >= 11 is 0. The molecule has 0 amide bonds. The molecular weight excluding hydrogens is 300 g/mol. The van der Waals surface area contributed by atoms with E-state index in [2.05, 4.69) is 72.8 Å². The van der Waals surface area contributed by atoms with E-state index in [-0.39, 0.29) is 6.04 Å². The molecule has 0 radical (unpaired) electrons. The van der Waals surface area contributed by atoms with E-state index in [1.165, 1.54) is 16.8 Å². The monoisotopic (exact) mass is 328 g/mol. The minimum Gasteiger partial charge on any atom is -0.369 e. The molecule has 1 unspecified atom stereocenters. The Morgan fingerprint density at radius 2 is 1.75 bits per heavy atom. The lowest BCUT2D eigenvalue weighted by Gasteiger charge is -2.38. The van der Waals surface area contributed by atoms with Crippen LogP contribution in [0.25, 0.3) is 0 Å². The summed E-state index contributed by atoms with van der Waals surface area (Å²) in [4.78, 5) is 9.47. The summed E-state index contributed by atoms with van der Waals surface area (Å²) in [5, 5.41) is 4.09. The minimum absolute atomic E-state index is 0.172. The molecule has 0 spiro atoms. The quantitative estimate of drug-likeness (QED) is 0.856. The second kappa shape index (κ2) is 6.93. The van der Waals surface area contributed by atoms with Gasteiger partial charge in [-0.15, -0.1) is 0 Å². The Labute approximate surface area is 144 Å². The van der Waals surface area contributed by atoms with Crippen LogP contribution >= 0.6 is 0 Å². The summed E-state index contributed by atoms with van der Waals surface area (Å²) in [5.74, 6) is 1.83. The van der Waals surface area contributed by atoms with Crippen LogP contribution in [0.15, 0.2) is 22.7 Å². The molecule has 1 saturated heterocycles. The first-order chi connectivity index (χ1) is 11.5. The number of aromatic nitrogens is 2. The van der Waals surface area contributed by atoms with Crippen LogP contribution in [-0.4, -0.2) is 41.2 Å². The van der Waals surface area contributed by atoms with Crippen molar-refractivity contribution >= 4 is 5.69 Å². The van der Waals surface area contributed by atoms with Crippen LogP contribution in [0.3, 0.4) is 0 Å². The van der Waals surface area contributed by atoms with Crippen LogP contribution < -0.4 is 4.90 Å². The summed E-state index contributed by atoms with van der Waals surface area (Å²) in [7, 11) is 0. The average Bonchev–Trinajstić information content (AvgIpc) is 3.07. The Hall–Kier alpha value is -1.88.